The Morgan fingerprint density at radius 2 is 1.67 bits per heavy atom. The molecule has 3 heterocycles. The molecule has 0 aromatic heterocycles. The lowest BCUT2D eigenvalue weighted by Gasteiger charge is -2.39. The van der Waals surface area contributed by atoms with E-state index in [9.17, 15) is 28.0 Å². The summed E-state index contributed by atoms with van der Waals surface area (Å²) in [6.07, 6.45) is 1.97. The molecule has 266 valence electrons. The summed E-state index contributed by atoms with van der Waals surface area (Å²) >= 11 is 0. The number of halogens is 2. The van der Waals surface area contributed by atoms with Gasteiger partial charge in [-0.1, -0.05) is 18.2 Å². The van der Waals surface area contributed by atoms with Crippen LogP contribution in [-0.4, -0.2) is 123 Å². The second-order valence-corrected chi connectivity index (χ2v) is 13.3. The van der Waals surface area contributed by atoms with Gasteiger partial charge in [-0.25, -0.2) is 8.78 Å². The van der Waals surface area contributed by atoms with E-state index in [0.29, 0.717) is 70.8 Å². The van der Waals surface area contributed by atoms with Crippen molar-refractivity contribution < 1.29 is 42.2 Å². The fourth-order valence-electron chi connectivity index (χ4n) is 7.37. The largest absolute Gasteiger partial charge is 0.484 e. The molecular formula is C34H49F2N5O7. The molecule has 4 aliphatic rings. The molecule has 2 bridgehead atoms. The molecule has 48 heavy (non-hydrogen) atoms. The van der Waals surface area contributed by atoms with Crippen molar-refractivity contribution in [2.75, 3.05) is 65.8 Å². The number of hydrogen-bond donors (Lipinski definition) is 3. The summed E-state index contributed by atoms with van der Waals surface area (Å²) in [6, 6.07) is 8.07. The standard InChI is InChI=1S/C34H49F2N5O7/c35-34(36)10-6-27(7-11-34)41-21-26-19-29(41)33(45)38-12-8-25-20-40(32(44)23-48-28-4-2-1-3-5-28)14-9-24(25)18-30(42)37-13-15-46-16-17-47-22-31(43)39-26/h1-5,24-27,29H,6-23H2,(H,37,42)(H,38,45)(H,39,43)/t24-,25-,26+,29+/m0/s1. The van der Waals surface area contributed by atoms with E-state index in [1.165, 1.54) is 0 Å². The number of nitrogens with zero attached hydrogens (tertiary/aromatic N) is 2. The Hall–Kier alpha value is -3.36. The summed E-state index contributed by atoms with van der Waals surface area (Å²) in [7, 11) is 0. The lowest BCUT2D eigenvalue weighted by Crippen LogP contribution is -2.50. The molecule has 4 atom stereocenters. The Kier molecular flexibility index (Phi) is 13.0. The van der Waals surface area contributed by atoms with Gasteiger partial charge in [0.25, 0.3) is 5.91 Å². The molecular weight excluding hydrogens is 628 g/mol. The van der Waals surface area contributed by atoms with Gasteiger partial charge in [-0.2, -0.15) is 0 Å². The van der Waals surface area contributed by atoms with Gasteiger partial charge in [0.1, 0.15) is 12.4 Å². The van der Waals surface area contributed by atoms with Gasteiger partial charge in [0.2, 0.25) is 23.6 Å². The number of benzene rings is 1. The summed E-state index contributed by atoms with van der Waals surface area (Å²) in [5.74, 6) is -2.88. The first-order valence-electron chi connectivity index (χ1n) is 17.3. The number of piperidine rings is 1. The number of hydrogen-bond acceptors (Lipinski definition) is 8. The number of likely N-dealkylation sites (tertiary alicyclic amines) is 2. The molecule has 1 saturated carbocycles. The van der Waals surface area contributed by atoms with E-state index >= 15 is 0 Å². The van der Waals surface area contributed by atoms with Crippen LogP contribution in [0.5, 0.6) is 5.75 Å². The van der Waals surface area contributed by atoms with Crippen molar-refractivity contribution in [1.82, 2.24) is 25.8 Å². The summed E-state index contributed by atoms with van der Waals surface area (Å²) in [5.41, 5.74) is 0. The van der Waals surface area contributed by atoms with Crippen LogP contribution >= 0.6 is 0 Å². The van der Waals surface area contributed by atoms with Crippen molar-refractivity contribution in [2.45, 2.75) is 75.4 Å². The molecule has 5 rings (SSSR count). The number of para-hydroxylation sites is 1. The van der Waals surface area contributed by atoms with E-state index in [1.54, 1.807) is 17.0 Å². The van der Waals surface area contributed by atoms with Gasteiger partial charge in [-0.05, 0) is 56.1 Å². The van der Waals surface area contributed by atoms with Crippen molar-refractivity contribution >= 4 is 23.6 Å². The molecule has 3 saturated heterocycles. The number of fused-ring (bicyclic) bond motifs is 3. The van der Waals surface area contributed by atoms with Gasteiger partial charge in [0.05, 0.1) is 25.9 Å². The SMILES string of the molecule is O=C1C[C@@H]2CCN(C(=O)COc3ccccc3)C[C@@H]2CCNC(=O)[C@H]2C[C@H](CN2C2CCC(F)(F)CC2)NC(=O)COCCOCCN1. The predicted octanol–water partition coefficient (Wildman–Crippen LogP) is 1.73. The third-order valence-corrected chi connectivity index (χ3v) is 9.95. The molecule has 4 fully saturated rings. The van der Waals surface area contributed by atoms with Gasteiger partial charge in [0, 0.05) is 64.1 Å². The summed E-state index contributed by atoms with van der Waals surface area (Å²) < 4.78 is 44.7. The van der Waals surface area contributed by atoms with E-state index in [1.807, 2.05) is 23.1 Å². The first kappa shape index (κ1) is 35.9. The van der Waals surface area contributed by atoms with Crippen LogP contribution in [0.1, 0.15) is 51.4 Å². The van der Waals surface area contributed by atoms with E-state index in [-0.39, 0.29) is 99.7 Å². The summed E-state index contributed by atoms with van der Waals surface area (Å²) in [4.78, 5) is 56.0. The average Bonchev–Trinajstić information content (AvgIpc) is 3.49. The highest BCUT2D eigenvalue weighted by Gasteiger charge is 2.45. The van der Waals surface area contributed by atoms with Crippen LogP contribution in [0.4, 0.5) is 8.78 Å². The van der Waals surface area contributed by atoms with Crippen molar-refractivity contribution in [3.8, 4) is 5.75 Å². The quantitative estimate of drug-likeness (QED) is 0.439. The second kappa shape index (κ2) is 17.3. The van der Waals surface area contributed by atoms with Crippen LogP contribution in [0.3, 0.4) is 0 Å². The zero-order valence-corrected chi connectivity index (χ0v) is 27.5. The highest BCUT2D eigenvalue weighted by Crippen LogP contribution is 2.37. The first-order valence-corrected chi connectivity index (χ1v) is 17.3. The van der Waals surface area contributed by atoms with Gasteiger partial charge in [0.15, 0.2) is 6.61 Å². The maximum atomic E-state index is 14.0. The number of carbonyl (C=O) groups excluding carboxylic acids is 4. The highest BCUT2D eigenvalue weighted by atomic mass is 19.3. The van der Waals surface area contributed by atoms with Gasteiger partial charge in [-0.3, -0.25) is 24.1 Å². The third-order valence-electron chi connectivity index (χ3n) is 9.95. The Morgan fingerprint density at radius 3 is 2.46 bits per heavy atom. The molecule has 4 amide bonds. The van der Waals surface area contributed by atoms with Crippen LogP contribution in [0.15, 0.2) is 30.3 Å². The first-order chi connectivity index (χ1) is 23.2. The van der Waals surface area contributed by atoms with Gasteiger partial charge >= 0.3 is 0 Å². The topological polar surface area (TPSA) is 139 Å². The monoisotopic (exact) mass is 677 g/mol. The minimum absolute atomic E-state index is 0.0101. The van der Waals surface area contributed by atoms with Crippen LogP contribution < -0.4 is 20.7 Å². The Balaban J connectivity index is 1.24. The van der Waals surface area contributed by atoms with Crippen molar-refractivity contribution in [3.63, 3.8) is 0 Å². The molecule has 0 unspecified atom stereocenters. The number of alkyl halides is 2. The molecule has 12 nitrogen and oxygen atoms in total. The molecule has 1 aromatic carbocycles. The van der Waals surface area contributed by atoms with E-state index in [0.717, 1.165) is 0 Å². The third kappa shape index (κ3) is 10.6. The maximum absolute atomic E-state index is 14.0. The fraction of sp³-hybridized carbons (Fsp3) is 0.706. The smallest absolute Gasteiger partial charge is 0.260 e. The lowest BCUT2D eigenvalue weighted by molar-refractivity contribution is -0.136. The number of carbonyl (C=O) groups is 4. The van der Waals surface area contributed by atoms with Crippen LogP contribution in [0.25, 0.3) is 0 Å². The normalized spacial score (nSPS) is 29.0. The van der Waals surface area contributed by atoms with Gasteiger partial charge < -0.3 is 35.1 Å². The number of rotatable bonds is 4. The van der Waals surface area contributed by atoms with Crippen molar-refractivity contribution in [1.29, 1.82) is 0 Å². The van der Waals surface area contributed by atoms with E-state index < -0.39 is 12.0 Å². The molecule has 14 heteroatoms. The number of ether oxygens (including phenoxy) is 3. The molecule has 3 N–H and O–H groups in total. The molecule has 0 spiro atoms. The van der Waals surface area contributed by atoms with E-state index in [4.69, 9.17) is 14.2 Å². The van der Waals surface area contributed by atoms with Crippen LogP contribution in [0, 0.1) is 11.8 Å². The summed E-state index contributed by atoms with van der Waals surface area (Å²) in [6.45, 7) is 2.52. The predicted molar refractivity (Wildman–Crippen MR) is 171 cm³/mol. The van der Waals surface area contributed by atoms with Crippen molar-refractivity contribution in [3.05, 3.63) is 30.3 Å². The Labute approximate surface area is 280 Å². The van der Waals surface area contributed by atoms with Crippen LogP contribution in [0.2, 0.25) is 0 Å². The fourth-order valence-corrected chi connectivity index (χ4v) is 7.37. The molecule has 3 aliphatic heterocycles. The lowest BCUT2D eigenvalue weighted by atomic mass is 9.81. The number of nitrogens with one attached hydrogen (secondary N) is 3. The zero-order chi connectivity index (χ0) is 33.9. The molecule has 1 aromatic rings. The molecule has 0 radical (unpaired) electrons. The highest BCUT2D eigenvalue weighted by molar-refractivity contribution is 5.83. The van der Waals surface area contributed by atoms with Crippen molar-refractivity contribution in [2.24, 2.45) is 11.8 Å². The Morgan fingerprint density at radius 1 is 0.896 bits per heavy atom. The minimum Gasteiger partial charge on any atom is -0.484 e. The second-order valence-electron chi connectivity index (χ2n) is 13.3. The zero-order valence-electron chi connectivity index (χ0n) is 27.5. The maximum Gasteiger partial charge on any atom is 0.260 e. The number of amides is 4. The average molecular weight is 678 g/mol. The van der Waals surface area contributed by atoms with Crippen LogP contribution in [-0.2, 0) is 28.7 Å². The van der Waals surface area contributed by atoms with E-state index in [2.05, 4.69) is 16.0 Å². The minimum atomic E-state index is -2.69. The summed E-state index contributed by atoms with van der Waals surface area (Å²) in [5, 5.41) is 8.92. The Bertz CT molecular complexity index is 1230. The molecule has 1 aliphatic carbocycles. The van der Waals surface area contributed by atoms with Gasteiger partial charge in [-0.15, -0.1) is 0 Å².